The Labute approximate surface area is 151 Å². The molecule has 0 aliphatic rings. The number of nitrogens with zero attached hydrogens (tertiary/aromatic N) is 3. The van der Waals surface area contributed by atoms with Crippen molar-refractivity contribution in [3.63, 3.8) is 0 Å². The first-order chi connectivity index (χ1) is 12.8. The fourth-order valence-electron chi connectivity index (χ4n) is 2.69. The summed E-state index contributed by atoms with van der Waals surface area (Å²) >= 11 is 0. The first kappa shape index (κ1) is 15.8. The predicted molar refractivity (Wildman–Crippen MR) is 101 cm³/mol. The van der Waals surface area contributed by atoms with Crippen LogP contribution in [0.25, 0.3) is 16.9 Å². The SMILES string of the molecule is O=C(Nc1ccccn1)c1cc(-c2ccccc2)n(-c2ccccc2)n1. The molecule has 26 heavy (non-hydrogen) atoms. The van der Waals surface area contributed by atoms with Gasteiger partial charge in [0.1, 0.15) is 5.82 Å². The molecular weight excluding hydrogens is 324 g/mol. The van der Waals surface area contributed by atoms with Crippen molar-refractivity contribution in [1.82, 2.24) is 14.8 Å². The number of hydrogen-bond acceptors (Lipinski definition) is 3. The number of rotatable bonds is 4. The Morgan fingerprint density at radius 3 is 2.23 bits per heavy atom. The Morgan fingerprint density at radius 2 is 1.54 bits per heavy atom. The fourth-order valence-corrected chi connectivity index (χ4v) is 2.69. The van der Waals surface area contributed by atoms with E-state index in [4.69, 9.17) is 0 Å². The highest BCUT2D eigenvalue weighted by molar-refractivity contribution is 6.03. The number of nitrogens with one attached hydrogen (secondary N) is 1. The maximum absolute atomic E-state index is 12.6. The van der Waals surface area contributed by atoms with Crippen molar-refractivity contribution >= 4 is 11.7 Å². The summed E-state index contributed by atoms with van der Waals surface area (Å²) < 4.78 is 1.78. The summed E-state index contributed by atoms with van der Waals surface area (Å²) in [4.78, 5) is 16.7. The lowest BCUT2D eigenvalue weighted by molar-refractivity contribution is 0.102. The van der Waals surface area contributed by atoms with Gasteiger partial charge < -0.3 is 5.32 Å². The van der Waals surface area contributed by atoms with Gasteiger partial charge >= 0.3 is 0 Å². The molecule has 0 saturated heterocycles. The van der Waals surface area contributed by atoms with E-state index in [1.165, 1.54) is 0 Å². The van der Waals surface area contributed by atoms with E-state index >= 15 is 0 Å². The lowest BCUT2D eigenvalue weighted by atomic mass is 10.1. The largest absolute Gasteiger partial charge is 0.305 e. The van der Waals surface area contributed by atoms with Crippen molar-refractivity contribution < 1.29 is 4.79 Å². The van der Waals surface area contributed by atoms with Crippen LogP contribution >= 0.6 is 0 Å². The smallest absolute Gasteiger partial charge is 0.277 e. The number of para-hydroxylation sites is 1. The van der Waals surface area contributed by atoms with Crippen LogP contribution in [0.3, 0.4) is 0 Å². The van der Waals surface area contributed by atoms with E-state index in [1.54, 1.807) is 29.1 Å². The van der Waals surface area contributed by atoms with Gasteiger partial charge in [0, 0.05) is 11.8 Å². The molecule has 2 aromatic heterocycles. The van der Waals surface area contributed by atoms with Crippen LogP contribution in [0.5, 0.6) is 0 Å². The van der Waals surface area contributed by atoms with Gasteiger partial charge in [-0.3, -0.25) is 4.79 Å². The molecule has 1 amide bonds. The summed E-state index contributed by atoms with van der Waals surface area (Å²) in [5, 5.41) is 7.31. The first-order valence-electron chi connectivity index (χ1n) is 8.24. The van der Waals surface area contributed by atoms with Gasteiger partial charge in [-0.15, -0.1) is 0 Å². The minimum absolute atomic E-state index is 0.296. The Kier molecular flexibility index (Phi) is 4.26. The van der Waals surface area contributed by atoms with Crippen molar-refractivity contribution in [1.29, 1.82) is 0 Å². The molecule has 4 aromatic rings. The molecule has 0 radical (unpaired) electrons. The molecule has 0 fully saturated rings. The van der Waals surface area contributed by atoms with Gasteiger partial charge in [-0.25, -0.2) is 9.67 Å². The van der Waals surface area contributed by atoms with Gasteiger partial charge in [-0.1, -0.05) is 54.6 Å². The Hall–Kier alpha value is -3.73. The number of pyridine rings is 1. The maximum atomic E-state index is 12.6. The topological polar surface area (TPSA) is 59.8 Å². The van der Waals surface area contributed by atoms with Crippen molar-refractivity contribution in [3.05, 3.63) is 96.8 Å². The van der Waals surface area contributed by atoms with Crippen LogP contribution in [0.1, 0.15) is 10.5 Å². The van der Waals surface area contributed by atoms with E-state index < -0.39 is 0 Å². The molecule has 2 aromatic carbocycles. The number of benzene rings is 2. The van der Waals surface area contributed by atoms with Crippen LogP contribution in [0.15, 0.2) is 91.1 Å². The third kappa shape index (κ3) is 3.23. The molecule has 0 aliphatic heterocycles. The van der Waals surface area contributed by atoms with E-state index in [0.717, 1.165) is 16.9 Å². The Morgan fingerprint density at radius 1 is 0.846 bits per heavy atom. The van der Waals surface area contributed by atoms with Gasteiger partial charge in [0.15, 0.2) is 5.69 Å². The van der Waals surface area contributed by atoms with E-state index in [2.05, 4.69) is 15.4 Å². The van der Waals surface area contributed by atoms with Gasteiger partial charge in [0.2, 0.25) is 0 Å². The number of amides is 1. The third-order valence-corrected chi connectivity index (χ3v) is 3.92. The standard InChI is InChI=1S/C21H16N4O/c26-21(23-20-13-7-8-14-22-20)18-15-19(16-9-3-1-4-10-16)25(24-18)17-11-5-2-6-12-17/h1-15H,(H,22,23,26). The monoisotopic (exact) mass is 340 g/mol. The average Bonchev–Trinajstić information content (AvgIpc) is 3.16. The molecule has 0 atom stereocenters. The Balaban J connectivity index is 1.75. The highest BCUT2D eigenvalue weighted by Gasteiger charge is 2.17. The number of hydrogen-bond donors (Lipinski definition) is 1. The van der Waals surface area contributed by atoms with Gasteiger partial charge in [-0.05, 0) is 30.3 Å². The zero-order valence-electron chi connectivity index (χ0n) is 13.9. The summed E-state index contributed by atoms with van der Waals surface area (Å²) in [6.45, 7) is 0. The molecular formula is C21H16N4O. The van der Waals surface area contributed by atoms with Crippen molar-refractivity contribution in [2.45, 2.75) is 0 Å². The van der Waals surface area contributed by atoms with Crippen molar-refractivity contribution in [2.24, 2.45) is 0 Å². The average molecular weight is 340 g/mol. The molecule has 0 unspecified atom stereocenters. The van der Waals surface area contributed by atoms with E-state index in [0.29, 0.717) is 11.5 Å². The molecule has 5 nitrogen and oxygen atoms in total. The predicted octanol–water partition coefficient (Wildman–Crippen LogP) is 4.19. The summed E-state index contributed by atoms with van der Waals surface area (Å²) in [5.41, 5.74) is 3.06. The van der Waals surface area contributed by atoms with E-state index in [9.17, 15) is 4.79 Å². The number of carbonyl (C=O) groups excluding carboxylic acids is 1. The van der Waals surface area contributed by atoms with Crippen LogP contribution in [0.2, 0.25) is 0 Å². The second-order valence-electron chi connectivity index (χ2n) is 5.70. The Bertz CT molecular complexity index is 955. The molecule has 4 rings (SSSR count). The van der Waals surface area contributed by atoms with E-state index in [1.807, 2.05) is 66.7 Å². The molecule has 1 N–H and O–H groups in total. The number of aromatic nitrogens is 3. The number of carbonyl (C=O) groups is 1. The summed E-state index contributed by atoms with van der Waals surface area (Å²) in [7, 11) is 0. The first-order valence-corrected chi connectivity index (χ1v) is 8.24. The summed E-state index contributed by atoms with van der Waals surface area (Å²) in [6, 6.07) is 26.8. The van der Waals surface area contributed by atoms with Crippen LogP contribution in [-0.4, -0.2) is 20.7 Å². The van der Waals surface area contributed by atoms with Crippen molar-refractivity contribution in [3.8, 4) is 16.9 Å². The third-order valence-electron chi connectivity index (χ3n) is 3.92. The van der Waals surface area contributed by atoms with Crippen LogP contribution in [0, 0.1) is 0 Å². The molecule has 0 aliphatic carbocycles. The molecule has 0 spiro atoms. The molecule has 126 valence electrons. The summed E-state index contributed by atoms with van der Waals surface area (Å²) in [6.07, 6.45) is 1.63. The van der Waals surface area contributed by atoms with Gasteiger partial charge in [0.05, 0.1) is 11.4 Å². The van der Waals surface area contributed by atoms with E-state index in [-0.39, 0.29) is 5.91 Å². The maximum Gasteiger partial charge on any atom is 0.277 e. The highest BCUT2D eigenvalue weighted by Crippen LogP contribution is 2.24. The second-order valence-corrected chi connectivity index (χ2v) is 5.70. The highest BCUT2D eigenvalue weighted by atomic mass is 16.2. The fraction of sp³-hybridized carbons (Fsp3) is 0. The normalized spacial score (nSPS) is 10.5. The molecule has 0 bridgehead atoms. The second kappa shape index (κ2) is 7.03. The van der Waals surface area contributed by atoms with Gasteiger partial charge in [0.25, 0.3) is 5.91 Å². The number of anilines is 1. The quantitative estimate of drug-likeness (QED) is 0.606. The molecule has 5 heteroatoms. The minimum atomic E-state index is -0.296. The molecule has 2 heterocycles. The minimum Gasteiger partial charge on any atom is -0.305 e. The van der Waals surface area contributed by atoms with Crippen molar-refractivity contribution in [2.75, 3.05) is 5.32 Å². The van der Waals surface area contributed by atoms with Crippen LogP contribution in [-0.2, 0) is 0 Å². The summed E-state index contributed by atoms with van der Waals surface area (Å²) in [5.74, 6) is 0.198. The molecule has 0 saturated carbocycles. The lowest BCUT2D eigenvalue weighted by Crippen LogP contribution is -2.14. The zero-order chi connectivity index (χ0) is 17.8. The lowest BCUT2D eigenvalue weighted by Gasteiger charge is -2.07. The van der Waals surface area contributed by atoms with Crippen LogP contribution < -0.4 is 5.32 Å². The van der Waals surface area contributed by atoms with Gasteiger partial charge in [-0.2, -0.15) is 5.10 Å². The zero-order valence-corrected chi connectivity index (χ0v) is 13.9. The van der Waals surface area contributed by atoms with Crippen LogP contribution in [0.4, 0.5) is 5.82 Å².